The molecule has 1 fully saturated rings. The SMILES string of the molecule is CC(C(=O)O)N(C)C(=O)N(C)C1CCCN(C)C1. The first-order valence-corrected chi connectivity index (χ1v) is 6.25. The summed E-state index contributed by atoms with van der Waals surface area (Å²) in [5, 5.41) is 8.91. The van der Waals surface area contributed by atoms with Gasteiger partial charge in [-0.3, -0.25) is 0 Å². The Bertz CT molecular complexity index is 322. The van der Waals surface area contributed by atoms with Gasteiger partial charge >= 0.3 is 12.0 Å². The maximum Gasteiger partial charge on any atom is 0.326 e. The summed E-state index contributed by atoms with van der Waals surface area (Å²) < 4.78 is 0. The van der Waals surface area contributed by atoms with Crippen LogP contribution in [0.3, 0.4) is 0 Å². The zero-order chi connectivity index (χ0) is 13.9. The van der Waals surface area contributed by atoms with Gasteiger partial charge in [0.15, 0.2) is 0 Å². The van der Waals surface area contributed by atoms with Crippen LogP contribution in [0, 0.1) is 0 Å². The van der Waals surface area contributed by atoms with E-state index in [4.69, 9.17) is 5.11 Å². The van der Waals surface area contributed by atoms with Gasteiger partial charge in [-0.15, -0.1) is 0 Å². The van der Waals surface area contributed by atoms with Crippen LogP contribution in [0.15, 0.2) is 0 Å². The third-order valence-electron chi connectivity index (χ3n) is 3.69. The minimum atomic E-state index is -0.986. The Hall–Kier alpha value is -1.30. The Balaban J connectivity index is 2.62. The van der Waals surface area contributed by atoms with Crippen LogP contribution in [0.5, 0.6) is 0 Å². The molecule has 104 valence electrons. The number of carbonyl (C=O) groups is 2. The fourth-order valence-electron chi connectivity index (χ4n) is 2.19. The molecule has 2 unspecified atom stereocenters. The number of rotatable bonds is 3. The summed E-state index contributed by atoms with van der Waals surface area (Å²) in [4.78, 5) is 28.2. The van der Waals surface area contributed by atoms with Crippen LogP contribution in [-0.4, -0.2) is 78.1 Å². The van der Waals surface area contributed by atoms with E-state index in [2.05, 4.69) is 4.90 Å². The Morgan fingerprint density at radius 1 is 1.39 bits per heavy atom. The number of hydrogen-bond acceptors (Lipinski definition) is 3. The van der Waals surface area contributed by atoms with Crippen molar-refractivity contribution in [3.63, 3.8) is 0 Å². The molecule has 2 atom stereocenters. The summed E-state index contributed by atoms with van der Waals surface area (Å²) in [5.74, 6) is -0.986. The summed E-state index contributed by atoms with van der Waals surface area (Å²) in [7, 11) is 5.31. The fraction of sp³-hybridized carbons (Fsp3) is 0.833. The van der Waals surface area contributed by atoms with Gasteiger partial charge in [-0.2, -0.15) is 0 Å². The van der Waals surface area contributed by atoms with Gasteiger partial charge in [-0.1, -0.05) is 0 Å². The Kier molecular flexibility index (Phi) is 4.95. The minimum absolute atomic E-state index is 0.166. The van der Waals surface area contributed by atoms with E-state index >= 15 is 0 Å². The number of likely N-dealkylation sites (N-methyl/N-ethyl adjacent to an activating group) is 3. The second-order valence-electron chi connectivity index (χ2n) is 5.08. The summed E-state index contributed by atoms with van der Waals surface area (Å²) in [6, 6.07) is -0.869. The Morgan fingerprint density at radius 3 is 2.50 bits per heavy atom. The molecule has 0 aromatic carbocycles. The lowest BCUT2D eigenvalue weighted by Crippen LogP contribution is -2.53. The molecule has 18 heavy (non-hydrogen) atoms. The lowest BCUT2D eigenvalue weighted by Gasteiger charge is -2.38. The standard InChI is InChI=1S/C12H23N3O3/c1-9(11(16)17)14(3)12(18)15(4)10-6-5-7-13(2)8-10/h9-10H,5-8H2,1-4H3,(H,16,17). The average Bonchev–Trinajstić information content (AvgIpc) is 2.35. The first-order valence-electron chi connectivity index (χ1n) is 6.25. The van der Waals surface area contributed by atoms with Crippen LogP contribution < -0.4 is 0 Å². The van der Waals surface area contributed by atoms with Crippen LogP contribution in [0.2, 0.25) is 0 Å². The first-order chi connectivity index (χ1) is 8.34. The smallest absolute Gasteiger partial charge is 0.326 e. The van der Waals surface area contributed by atoms with Crippen molar-refractivity contribution >= 4 is 12.0 Å². The highest BCUT2D eigenvalue weighted by atomic mass is 16.4. The number of carboxylic acid groups (broad SMARTS) is 1. The molecule has 0 aromatic heterocycles. The highest BCUT2D eigenvalue weighted by Crippen LogP contribution is 2.15. The number of aliphatic carboxylic acids is 1. The monoisotopic (exact) mass is 257 g/mol. The summed E-state index contributed by atoms with van der Waals surface area (Å²) in [6.07, 6.45) is 2.04. The predicted molar refractivity (Wildman–Crippen MR) is 68.5 cm³/mol. The molecule has 0 aliphatic carbocycles. The van der Waals surface area contributed by atoms with Gasteiger partial charge in [0.25, 0.3) is 0 Å². The predicted octanol–water partition coefficient (Wildman–Crippen LogP) is 0.537. The zero-order valence-corrected chi connectivity index (χ0v) is 11.6. The van der Waals surface area contributed by atoms with Crippen molar-refractivity contribution in [1.29, 1.82) is 0 Å². The second kappa shape index (κ2) is 6.04. The molecular formula is C12H23N3O3. The largest absolute Gasteiger partial charge is 0.480 e. The van der Waals surface area contributed by atoms with Crippen molar-refractivity contribution in [3.05, 3.63) is 0 Å². The van der Waals surface area contributed by atoms with Crippen LogP contribution >= 0.6 is 0 Å². The van der Waals surface area contributed by atoms with Gasteiger partial charge in [0.1, 0.15) is 6.04 Å². The fourth-order valence-corrected chi connectivity index (χ4v) is 2.19. The topological polar surface area (TPSA) is 64.1 Å². The molecule has 2 amide bonds. The highest BCUT2D eigenvalue weighted by molar-refractivity contribution is 5.82. The number of hydrogen-bond donors (Lipinski definition) is 1. The van der Waals surface area contributed by atoms with E-state index in [0.29, 0.717) is 0 Å². The molecule has 0 bridgehead atoms. The van der Waals surface area contributed by atoms with Crippen LogP contribution in [0.4, 0.5) is 4.79 Å². The van der Waals surface area contributed by atoms with Crippen LogP contribution in [-0.2, 0) is 4.79 Å². The number of carbonyl (C=O) groups excluding carboxylic acids is 1. The summed E-state index contributed by atoms with van der Waals surface area (Å²) in [5.41, 5.74) is 0. The second-order valence-corrected chi connectivity index (χ2v) is 5.08. The highest BCUT2D eigenvalue weighted by Gasteiger charge is 2.29. The van der Waals surface area contributed by atoms with Gasteiger partial charge in [-0.25, -0.2) is 9.59 Å². The quantitative estimate of drug-likeness (QED) is 0.801. The van der Waals surface area contributed by atoms with Crippen molar-refractivity contribution in [2.24, 2.45) is 0 Å². The van der Waals surface area contributed by atoms with Crippen molar-refractivity contribution in [2.75, 3.05) is 34.2 Å². The third kappa shape index (κ3) is 3.35. The molecule has 0 saturated carbocycles. The van der Waals surface area contributed by atoms with E-state index in [9.17, 15) is 9.59 Å². The van der Waals surface area contributed by atoms with E-state index in [-0.39, 0.29) is 12.1 Å². The number of urea groups is 1. The number of carboxylic acids is 1. The first kappa shape index (κ1) is 14.8. The lowest BCUT2D eigenvalue weighted by atomic mass is 10.1. The third-order valence-corrected chi connectivity index (χ3v) is 3.69. The van der Waals surface area contributed by atoms with E-state index in [1.54, 1.807) is 11.9 Å². The summed E-state index contributed by atoms with van der Waals surface area (Å²) >= 11 is 0. The summed E-state index contributed by atoms with van der Waals surface area (Å²) in [6.45, 7) is 3.42. The van der Waals surface area contributed by atoms with Gasteiger partial charge in [0.05, 0.1) is 0 Å². The molecule has 1 aliphatic rings. The molecule has 1 N–H and O–H groups in total. The van der Waals surface area contributed by atoms with Crippen molar-refractivity contribution in [1.82, 2.24) is 14.7 Å². The lowest BCUT2D eigenvalue weighted by molar-refractivity contribution is -0.141. The zero-order valence-electron chi connectivity index (χ0n) is 11.6. The number of piperidine rings is 1. The molecule has 1 rings (SSSR count). The molecule has 1 aliphatic heterocycles. The van der Waals surface area contributed by atoms with Gasteiger partial charge in [-0.05, 0) is 33.4 Å². The molecule has 1 saturated heterocycles. The van der Waals surface area contributed by atoms with E-state index in [0.717, 1.165) is 25.9 Å². The van der Waals surface area contributed by atoms with Gasteiger partial charge < -0.3 is 19.8 Å². The van der Waals surface area contributed by atoms with Crippen LogP contribution in [0.1, 0.15) is 19.8 Å². The molecule has 6 nitrogen and oxygen atoms in total. The van der Waals surface area contributed by atoms with Crippen molar-refractivity contribution in [2.45, 2.75) is 31.8 Å². The molecule has 1 heterocycles. The van der Waals surface area contributed by atoms with E-state index in [1.807, 2.05) is 7.05 Å². The number of amides is 2. The maximum absolute atomic E-state index is 12.2. The minimum Gasteiger partial charge on any atom is -0.480 e. The normalized spacial score (nSPS) is 22.3. The maximum atomic E-state index is 12.2. The van der Waals surface area contributed by atoms with Crippen molar-refractivity contribution in [3.8, 4) is 0 Å². The molecule has 0 aromatic rings. The van der Waals surface area contributed by atoms with Crippen molar-refractivity contribution < 1.29 is 14.7 Å². The number of nitrogens with zero attached hydrogens (tertiary/aromatic N) is 3. The molecule has 0 radical (unpaired) electrons. The Morgan fingerprint density at radius 2 is 2.00 bits per heavy atom. The van der Waals surface area contributed by atoms with E-state index < -0.39 is 12.0 Å². The van der Waals surface area contributed by atoms with Gasteiger partial charge in [0, 0.05) is 26.7 Å². The van der Waals surface area contributed by atoms with E-state index in [1.165, 1.54) is 18.9 Å². The van der Waals surface area contributed by atoms with Gasteiger partial charge in [0.2, 0.25) is 0 Å². The van der Waals surface area contributed by atoms with Crippen LogP contribution in [0.25, 0.3) is 0 Å². The Labute approximate surface area is 108 Å². The number of likely N-dealkylation sites (tertiary alicyclic amines) is 1. The molecule has 0 spiro atoms. The molecular weight excluding hydrogens is 234 g/mol. The average molecular weight is 257 g/mol. The molecule has 6 heteroatoms.